The van der Waals surface area contributed by atoms with E-state index < -0.39 is 15.5 Å². The molecule has 0 saturated heterocycles. The van der Waals surface area contributed by atoms with E-state index in [0.29, 0.717) is 0 Å². The Kier molecular flexibility index (Phi) is 3.46. The summed E-state index contributed by atoms with van der Waals surface area (Å²) in [6.45, 7) is 1.29. The standard InChI is InChI=1S/C9H8F3NO3S/c1-6(14)7-2-4-8(5-3-7)13-17(15,16)9(10,11)12/h2-5,13H,1H3. The Morgan fingerprint density at radius 1 is 1.18 bits per heavy atom. The molecule has 1 N–H and O–H groups in total. The Bertz CT molecular complexity index is 519. The van der Waals surface area contributed by atoms with Crippen molar-refractivity contribution in [2.75, 3.05) is 4.72 Å². The van der Waals surface area contributed by atoms with Crippen molar-refractivity contribution < 1.29 is 26.4 Å². The molecule has 8 heteroatoms. The van der Waals surface area contributed by atoms with Crippen molar-refractivity contribution in [1.82, 2.24) is 0 Å². The monoisotopic (exact) mass is 267 g/mol. The number of halogens is 3. The molecule has 17 heavy (non-hydrogen) atoms. The molecule has 0 aliphatic carbocycles. The average Bonchev–Trinajstić information content (AvgIpc) is 2.16. The lowest BCUT2D eigenvalue weighted by atomic mass is 10.1. The minimum Gasteiger partial charge on any atom is -0.295 e. The fourth-order valence-corrected chi connectivity index (χ4v) is 1.55. The van der Waals surface area contributed by atoms with Crippen LogP contribution in [0, 0.1) is 0 Å². The first-order valence-corrected chi connectivity index (χ1v) is 5.82. The second kappa shape index (κ2) is 4.36. The molecule has 4 nitrogen and oxygen atoms in total. The van der Waals surface area contributed by atoms with Crippen LogP contribution in [0.25, 0.3) is 0 Å². The predicted molar refractivity (Wildman–Crippen MR) is 55.0 cm³/mol. The Morgan fingerprint density at radius 2 is 1.65 bits per heavy atom. The third-order valence-corrected chi connectivity index (χ3v) is 2.96. The van der Waals surface area contributed by atoms with Gasteiger partial charge in [0.25, 0.3) is 0 Å². The molecule has 0 amide bonds. The molecule has 0 aliphatic rings. The van der Waals surface area contributed by atoms with E-state index in [2.05, 4.69) is 0 Å². The van der Waals surface area contributed by atoms with E-state index in [0.717, 1.165) is 12.1 Å². The Hall–Kier alpha value is -1.57. The maximum atomic E-state index is 12.0. The van der Waals surface area contributed by atoms with Crippen molar-refractivity contribution in [1.29, 1.82) is 0 Å². The van der Waals surface area contributed by atoms with Gasteiger partial charge in [-0.05, 0) is 31.2 Å². The summed E-state index contributed by atoms with van der Waals surface area (Å²) in [6, 6.07) is 4.63. The zero-order valence-corrected chi connectivity index (χ0v) is 9.39. The van der Waals surface area contributed by atoms with Crippen LogP contribution in [0.4, 0.5) is 18.9 Å². The number of anilines is 1. The van der Waals surface area contributed by atoms with Gasteiger partial charge >= 0.3 is 15.5 Å². The lowest BCUT2D eigenvalue weighted by molar-refractivity contribution is -0.0429. The zero-order valence-electron chi connectivity index (χ0n) is 8.58. The second-order valence-corrected chi connectivity index (χ2v) is 4.86. The van der Waals surface area contributed by atoms with Crippen LogP contribution in [0.3, 0.4) is 0 Å². The fourth-order valence-electron chi connectivity index (χ4n) is 0.986. The van der Waals surface area contributed by atoms with Crippen LogP contribution in [0.1, 0.15) is 17.3 Å². The lowest BCUT2D eigenvalue weighted by Crippen LogP contribution is -2.29. The minimum absolute atomic E-state index is 0.257. The number of benzene rings is 1. The van der Waals surface area contributed by atoms with Gasteiger partial charge in [-0.15, -0.1) is 0 Å². The van der Waals surface area contributed by atoms with Crippen molar-refractivity contribution in [3.05, 3.63) is 29.8 Å². The highest BCUT2D eigenvalue weighted by molar-refractivity contribution is 7.93. The van der Waals surface area contributed by atoms with E-state index in [4.69, 9.17) is 0 Å². The highest BCUT2D eigenvalue weighted by atomic mass is 32.2. The molecular formula is C9H8F3NO3S. The Morgan fingerprint density at radius 3 is 2.00 bits per heavy atom. The van der Waals surface area contributed by atoms with E-state index in [1.54, 1.807) is 0 Å². The van der Waals surface area contributed by atoms with Crippen LogP contribution in [-0.4, -0.2) is 19.7 Å². The molecular weight excluding hydrogens is 259 g/mol. The fraction of sp³-hybridized carbons (Fsp3) is 0.222. The number of hydrogen-bond donors (Lipinski definition) is 1. The molecule has 0 bridgehead atoms. The van der Waals surface area contributed by atoms with E-state index in [1.165, 1.54) is 23.8 Å². The van der Waals surface area contributed by atoms with Gasteiger partial charge in [0.15, 0.2) is 5.78 Å². The number of Topliss-reactive ketones (excluding diaryl/α,β-unsaturated/α-hetero) is 1. The molecule has 94 valence electrons. The highest BCUT2D eigenvalue weighted by Crippen LogP contribution is 2.25. The Labute approximate surface area is 95.5 Å². The number of rotatable bonds is 3. The van der Waals surface area contributed by atoms with Gasteiger partial charge in [-0.2, -0.15) is 21.6 Å². The van der Waals surface area contributed by atoms with Gasteiger partial charge in [0.05, 0.1) is 0 Å². The van der Waals surface area contributed by atoms with E-state index >= 15 is 0 Å². The van der Waals surface area contributed by atoms with Gasteiger partial charge < -0.3 is 0 Å². The normalized spacial score (nSPS) is 12.2. The van der Waals surface area contributed by atoms with Gasteiger partial charge in [0, 0.05) is 11.3 Å². The molecule has 0 saturated carbocycles. The first-order chi connectivity index (χ1) is 7.63. The zero-order chi connectivity index (χ0) is 13.3. The van der Waals surface area contributed by atoms with Gasteiger partial charge in [0.2, 0.25) is 0 Å². The predicted octanol–water partition coefficient (Wildman–Crippen LogP) is 2.15. The van der Waals surface area contributed by atoms with Crippen LogP contribution in [0.2, 0.25) is 0 Å². The van der Waals surface area contributed by atoms with Crippen molar-refractivity contribution in [2.24, 2.45) is 0 Å². The smallest absolute Gasteiger partial charge is 0.295 e. The van der Waals surface area contributed by atoms with Gasteiger partial charge in [-0.3, -0.25) is 9.52 Å². The number of sulfonamides is 1. The first-order valence-electron chi connectivity index (χ1n) is 4.33. The van der Waals surface area contributed by atoms with E-state index in [-0.39, 0.29) is 17.0 Å². The second-order valence-electron chi connectivity index (χ2n) is 3.18. The molecule has 0 atom stereocenters. The number of alkyl halides is 3. The largest absolute Gasteiger partial charge is 0.516 e. The summed E-state index contributed by atoms with van der Waals surface area (Å²) >= 11 is 0. The molecule has 0 aliphatic heterocycles. The number of nitrogens with one attached hydrogen (secondary N) is 1. The SMILES string of the molecule is CC(=O)c1ccc(NS(=O)(=O)C(F)(F)F)cc1. The highest BCUT2D eigenvalue weighted by Gasteiger charge is 2.45. The lowest BCUT2D eigenvalue weighted by Gasteiger charge is -2.10. The van der Waals surface area contributed by atoms with Gasteiger partial charge in [-0.1, -0.05) is 0 Å². The maximum Gasteiger partial charge on any atom is 0.516 e. The summed E-state index contributed by atoms with van der Waals surface area (Å²) < 4.78 is 58.9. The minimum atomic E-state index is -5.42. The molecule has 0 fully saturated rings. The van der Waals surface area contributed by atoms with Crippen LogP contribution < -0.4 is 4.72 Å². The quantitative estimate of drug-likeness (QED) is 0.853. The van der Waals surface area contributed by atoms with Gasteiger partial charge in [-0.25, -0.2) is 0 Å². The topological polar surface area (TPSA) is 63.2 Å². The summed E-state index contributed by atoms with van der Waals surface area (Å²) in [7, 11) is -5.42. The van der Waals surface area contributed by atoms with Crippen molar-refractivity contribution in [3.8, 4) is 0 Å². The van der Waals surface area contributed by atoms with E-state index in [1.807, 2.05) is 0 Å². The summed E-state index contributed by atoms with van der Waals surface area (Å²) in [5.41, 5.74) is -5.35. The maximum absolute atomic E-state index is 12.0. The summed E-state index contributed by atoms with van der Waals surface area (Å²) in [4.78, 5) is 10.9. The van der Waals surface area contributed by atoms with Crippen molar-refractivity contribution in [2.45, 2.75) is 12.4 Å². The van der Waals surface area contributed by atoms with Crippen LogP contribution in [0.15, 0.2) is 24.3 Å². The molecule has 0 unspecified atom stereocenters. The summed E-state index contributed by atoms with van der Waals surface area (Å²) in [5, 5.41) is 0. The average molecular weight is 267 g/mol. The van der Waals surface area contributed by atoms with Crippen molar-refractivity contribution >= 4 is 21.5 Å². The van der Waals surface area contributed by atoms with E-state index in [9.17, 15) is 26.4 Å². The summed E-state index contributed by atoms with van der Waals surface area (Å²) in [6.07, 6.45) is 0. The van der Waals surface area contributed by atoms with Crippen LogP contribution in [-0.2, 0) is 10.0 Å². The van der Waals surface area contributed by atoms with Crippen LogP contribution in [0.5, 0.6) is 0 Å². The molecule has 0 heterocycles. The third kappa shape index (κ3) is 3.19. The van der Waals surface area contributed by atoms with Gasteiger partial charge in [0.1, 0.15) is 0 Å². The van der Waals surface area contributed by atoms with Crippen LogP contribution >= 0.6 is 0 Å². The van der Waals surface area contributed by atoms with Crippen molar-refractivity contribution in [3.63, 3.8) is 0 Å². The Balaban J connectivity index is 2.95. The molecule has 0 spiro atoms. The molecule has 1 rings (SSSR count). The third-order valence-electron chi connectivity index (χ3n) is 1.85. The molecule has 1 aromatic rings. The molecule has 0 aromatic heterocycles. The molecule has 1 aromatic carbocycles. The number of carbonyl (C=O) groups excluding carboxylic acids is 1. The molecule has 0 radical (unpaired) electrons. The summed E-state index contributed by atoms with van der Waals surface area (Å²) in [5.74, 6) is -0.268. The number of hydrogen-bond acceptors (Lipinski definition) is 3. The number of carbonyl (C=O) groups is 1. The first kappa shape index (κ1) is 13.5. The number of ketones is 1.